The fourth-order valence-corrected chi connectivity index (χ4v) is 5.08. The SMILES string of the molecule is Cc1oc(-c2ccc(Cl)cc2)cc1C(=O)NC[C@H]1CC[C@@H](Nc2nc(N(C)C)c3ccccc3n2)CC1. The second kappa shape index (κ2) is 10.8. The highest BCUT2D eigenvalue weighted by atomic mass is 35.5. The molecule has 1 saturated carbocycles. The van der Waals surface area contributed by atoms with E-state index in [9.17, 15) is 4.79 Å². The van der Waals surface area contributed by atoms with Crippen LogP contribution in [0.15, 0.2) is 59.0 Å². The topological polar surface area (TPSA) is 83.3 Å². The molecule has 0 bridgehead atoms. The van der Waals surface area contributed by atoms with Gasteiger partial charge in [-0.25, -0.2) is 4.98 Å². The van der Waals surface area contributed by atoms with Crippen molar-refractivity contribution < 1.29 is 9.21 Å². The molecule has 1 amide bonds. The van der Waals surface area contributed by atoms with Crippen molar-refractivity contribution in [3.8, 4) is 11.3 Å². The van der Waals surface area contributed by atoms with Gasteiger partial charge in [-0.3, -0.25) is 4.79 Å². The van der Waals surface area contributed by atoms with E-state index in [1.165, 1.54) is 0 Å². The number of carbonyl (C=O) groups excluding carboxylic acids is 1. The number of rotatable bonds is 7. The third kappa shape index (κ3) is 5.72. The van der Waals surface area contributed by atoms with Crippen LogP contribution in [0.3, 0.4) is 0 Å². The zero-order valence-corrected chi connectivity index (χ0v) is 22.2. The van der Waals surface area contributed by atoms with E-state index in [4.69, 9.17) is 26.0 Å². The number of amides is 1. The van der Waals surface area contributed by atoms with Crippen molar-refractivity contribution in [2.45, 2.75) is 38.6 Å². The van der Waals surface area contributed by atoms with Crippen LogP contribution in [-0.4, -0.2) is 42.6 Å². The van der Waals surface area contributed by atoms with Crippen LogP contribution < -0.4 is 15.5 Å². The molecule has 192 valence electrons. The number of anilines is 2. The number of fused-ring (bicyclic) bond motifs is 1. The zero-order valence-electron chi connectivity index (χ0n) is 21.4. The molecule has 2 heterocycles. The molecule has 8 heteroatoms. The van der Waals surface area contributed by atoms with Gasteiger partial charge in [0, 0.05) is 42.7 Å². The van der Waals surface area contributed by atoms with Crippen molar-refractivity contribution >= 4 is 40.2 Å². The van der Waals surface area contributed by atoms with Crippen molar-refractivity contribution in [1.29, 1.82) is 0 Å². The Balaban J connectivity index is 1.15. The normalized spacial score (nSPS) is 17.5. The predicted octanol–water partition coefficient (Wildman–Crippen LogP) is 6.32. The average molecular weight is 518 g/mol. The molecule has 5 rings (SSSR count). The van der Waals surface area contributed by atoms with E-state index in [2.05, 4.69) is 16.7 Å². The summed E-state index contributed by atoms with van der Waals surface area (Å²) < 4.78 is 5.85. The molecule has 0 saturated heterocycles. The number of carbonyl (C=O) groups is 1. The first-order valence-corrected chi connectivity index (χ1v) is 13.1. The van der Waals surface area contributed by atoms with Crippen molar-refractivity contribution in [3.05, 3.63) is 70.9 Å². The van der Waals surface area contributed by atoms with Crippen LogP contribution in [0.1, 0.15) is 41.8 Å². The number of aromatic nitrogens is 2. The summed E-state index contributed by atoms with van der Waals surface area (Å²) in [5, 5.41) is 8.38. The number of benzene rings is 2. The number of para-hydroxylation sites is 1. The minimum Gasteiger partial charge on any atom is -0.461 e. The van der Waals surface area contributed by atoms with Gasteiger partial charge in [0.1, 0.15) is 17.3 Å². The smallest absolute Gasteiger partial charge is 0.254 e. The second-order valence-electron chi connectivity index (χ2n) is 9.94. The van der Waals surface area contributed by atoms with Crippen LogP contribution in [0.25, 0.3) is 22.2 Å². The third-order valence-corrected chi connectivity index (χ3v) is 7.28. The number of furan rings is 1. The van der Waals surface area contributed by atoms with Gasteiger partial charge in [-0.2, -0.15) is 4.98 Å². The van der Waals surface area contributed by atoms with Crippen LogP contribution in [-0.2, 0) is 0 Å². The maximum Gasteiger partial charge on any atom is 0.254 e. The van der Waals surface area contributed by atoms with Gasteiger partial charge in [-0.05, 0) is 81.0 Å². The Bertz CT molecular complexity index is 1390. The molecule has 1 aliphatic rings. The van der Waals surface area contributed by atoms with Gasteiger partial charge in [-0.15, -0.1) is 0 Å². The van der Waals surface area contributed by atoms with Crippen LogP contribution in [0.5, 0.6) is 0 Å². The second-order valence-corrected chi connectivity index (χ2v) is 10.4. The average Bonchev–Trinajstić information content (AvgIpc) is 3.29. The maximum atomic E-state index is 12.9. The molecule has 2 aromatic heterocycles. The number of hydrogen-bond acceptors (Lipinski definition) is 6. The Morgan fingerprint density at radius 2 is 1.78 bits per heavy atom. The van der Waals surface area contributed by atoms with Crippen molar-refractivity contribution in [3.63, 3.8) is 0 Å². The van der Waals surface area contributed by atoms with Crippen molar-refractivity contribution in [1.82, 2.24) is 15.3 Å². The lowest BCUT2D eigenvalue weighted by Gasteiger charge is -2.29. The number of nitrogens with one attached hydrogen (secondary N) is 2. The van der Waals surface area contributed by atoms with Crippen molar-refractivity contribution in [2.24, 2.45) is 5.92 Å². The molecule has 2 aromatic carbocycles. The van der Waals surface area contributed by atoms with Gasteiger partial charge in [-0.1, -0.05) is 23.7 Å². The monoisotopic (exact) mass is 517 g/mol. The summed E-state index contributed by atoms with van der Waals surface area (Å²) in [5.41, 5.74) is 2.41. The molecule has 1 fully saturated rings. The summed E-state index contributed by atoms with van der Waals surface area (Å²) in [6.45, 7) is 2.48. The number of hydrogen-bond donors (Lipinski definition) is 2. The van der Waals surface area contributed by atoms with Gasteiger partial charge >= 0.3 is 0 Å². The van der Waals surface area contributed by atoms with Crippen molar-refractivity contribution in [2.75, 3.05) is 30.9 Å². The van der Waals surface area contributed by atoms with Gasteiger partial charge in [0.25, 0.3) is 5.91 Å². The van der Waals surface area contributed by atoms with E-state index in [-0.39, 0.29) is 5.91 Å². The molecule has 0 atom stereocenters. The van der Waals surface area contributed by atoms with E-state index in [1.807, 2.05) is 68.4 Å². The molecule has 37 heavy (non-hydrogen) atoms. The van der Waals surface area contributed by atoms with E-state index in [0.717, 1.165) is 48.0 Å². The molecule has 0 radical (unpaired) electrons. The first-order valence-electron chi connectivity index (χ1n) is 12.7. The van der Waals surface area contributed by atoms with Gasteiger partial charge in [0.05, 0.1) is 11.1 Å². The minimum atomic E-state index is -0.0949. The van der Waals surface area contributed by atoms with Crippen LogP contribution in [0, 0.1) is 12.8 Å². The molecule has 0 spiro atoms. The number of aryl methyl sites for hydroxylation is 1. The fourth-order valence-electron chi connectivity index (χ4n) is 4.95. The van der Waals surface area contributed by atoms with Gasteiger partial charge in [0.2, 0.25) is 5.95 Å². The fraction of sp³-hybridized carbons (Fsp3) is 0.345. The molecule has 0 unspecified atom stereocenters. The molecule has 1 aliphatic carbocycles. The molecule has 2 N–H and O–H groups in total. The minimum absolute atomic E-state index is 0.0949. The number of nitrogens with zero attached hydrogens (tertiary/aromatic N) is 3. The standard InChI is InChI=1S/C29H32ClN5O2/c1-18-24(16-26(37-18)20-10-12-21(30)13-11-20)28(36)31-17-19-8-14-22(15-9-19)32-29-33-25-7-5-4-6-23(25)27(34-29)35(2)3/h4-7,10-13,16,19,22H,8-9,14-15,17H2,1-3H3,(H,31,36)(H,32,33,34)/t19-,22+. The van der Waals surface area contributed by atoms with Crippen LogP contribution in [0.4, 0.5) is 11.8 Å². The van der Waals surface area contributed by atoms with E-state index >= 15 is 0 Å². The summed E-state index contributed by atoms with van der Waals surface area (Å²) in [6, 6.07) is 17.6. The molecular weight excluding hydrogens is 486 g/mol. The summed E-state index contributed by atoms with van der Waals surface area (Å²) >= 11 is 5.98. The highest BCUT2D eigenvalue weighted by Gasteiger charge is 2.24. The van der Waals surface area contributed by atoms with E-state index in [1.54, 1.807) is 6.07 Å². The molecule has 7 nitrogen and oxygen atoms in total. The molecule has 4 aromatic rings. The summed E-state index contributed by atoms with van der Waals surface area (Å²) in [5.74, 6) is 3.22. The largest absolute Gasteiger partial charge is 0.461 e. The van der Waals surface area contributed by atoms with Crippen LogP contribution >= 0.6 is 11.6 Å². The Morgan fingerprint density at radius 1 is 1.05 bits per heavy atom. The molecular formula is C29H32ClN5O2. The first kappa shape index (κ1) is 25.1. The quantitative estimate of drug-likeness (QED) is 0.298. The lowest BCUT2D eigenvalue weighted by atomic mass is 9.86. The van der Waals surface area contributed by atoms with E-state index < -0.39 is 0 Å². The third-order valence-electron chi connectivity index (χ3n) is 7.03. The first-order chi connectivity index (χ1) is 17.9. The molecule has 0 aliphatic heterocycles. The summed E-state index contributed by atoms with van der Waals surface area (Å²) in [7, 11) is 4.00. The summed E-state index contributed by atoms with van der Waals surface area (Å²) in [6.07, 6.45) is 4.10. The Morgan fingerprint density at radius 3 is 2.51 bits per heavy atom. The highest BCUT2D eigenvalue weighted by molar-refractivity contribution is 6.30. The summed E-state index contributed by atoms with van der Waals surface area (Å²) in [4.78, 5) is 24.4. The number of halogens is 1. The van der Waals surface area contributed by atoms with Crippen LogP contribution in [0.2, 0.25) is 5.02 Å². The zero-order chi connectivity index (χ0) is 25.9. The Kier molecular flexibility index (Phi) is 7.33. The predicted molar refractivity (Wildman–Crippen MR) is 149 cm³/mol. The van der Waals surface area contributed by atoms with Gasteiger partial charge in [0.15, 0.2) is 0 Å². The van der Waals surface area contributed by atoms with Gasteiger partial charge < -0.3 is 20.0 Å². The Labute approximate surface area is 222 Å². The van der Waals surface area contributed by atoms with E-state index in [0.29, 0.717) is 46.6 Å². The maximum absolute atomic E-state index is 12.9. The lowest BCUT2D eigenvalue weighted by Crippen LogP contribution is -2.34. The lowest BCUT2D eigenvalue weighted by molar-refractivity contribution is 0.0941. The Hall–Kier alpha value is -3.58. The highest BCUT2D eigenvalue weighted by Crippen LogP contribution is 2.29.